The molecule has 2 saturated heterocycles. The molecular formula is C18H26ClN3O2. The molecule has 1 aromatic rings. The molecule has 2 heterocycles. The van der Waals surface area contributed by atoms with Crippen molar-refractivity contribution in [3.8, 4) is 0 Å². The first-order chi connectivity index (χ1) is 11.1. The van der Waals surface area contributed by atoms with Gasteiger partial charge in [0.15, 0.2) is 0 Å². The van der Waals surface area contributed by atoms with Gasteiger partial charge in [-0.05, 0) is 37.0 Å². The molecule has 2 aliphatic rings. The van der Waals surface area contributed by atoms with Crippen molar-refractivity contribution in [1.82, 2.24) is 4.90 Å². The minimum atomic E-state index is -0.236. The molecule has 0 aromatic heterocycles. The Morgan fingerprint density at radius 1 is 1.29 bits per heavy atom. The third kappa shape index (κ3) is 3.57. The first kappa shape index (κ1) is 18.7. The van der Waals surface area contributed by atoms with Crippen molar-refractivity contribution in [2.45, 2.75) is 38.6 Å². The van der Waals surface area contributed by atoms with E-state index >= 15 is 0 Å². The molecule has 2 amide bonds. The van der Waals surface area contributed by atoms with Crippen molar-refractivity contribution in [2.75, 3.05) is 24.5 Å². The molecule has 132 valence electrons. The van der Waals surface area contributed by atoms with Gasteiger partial charge in [0.05, 0.1) is 5.92 Å². The van der Waals surface area contributed by atoms with E-state index < -0.39 is 0 Å². The van der Waals surface area contributed by atoms with Crippen LogP contribution in [0.25, 0.3) is 0 Å². The zero-order valence-electron chi connectivity index (χ0n) is 14.1. The third-order valence-electron chi connectivity index (χ3n) is 5.06. The van der Waals surface area contributed by atoms with Crippen molar-refractivity contribution < 1.29 is 9.59 Å². The summed E-state index contributed by atoms with van der Waals surface area (Å²) >= 11 is 0. The lowest BCUT2D eigenvalue weighted by Gasteiger charge is -2.26. The van der Waals surface area contributed by atoms with Crippen LogP contribution in [0.4, 0.5) is 5.69 Å². The van der Waals surface area contributed by atoms with E-state index in [2.05, 4.69) is 6.92 Å². The summed E-state index contributed by atoms with van der Waals surface area (Å²) in [4.78, 5) is 28.7. The number of carbonyl (C=O) groups is 2. The summed E-state index contributed by atoms with van der Waals surface area (Å²) in [5.41, 5.74) is 7.90. The van der Waals surface area contributed by atoms with Crippen LogP contribution in [-0.2, 0) is 16.0 Å². The molecule has 0 bridgehead atoms. The van der Waals surface area contributed by atoms with Crippen molar-refractivity contribution >= 4 is 29.9 Å². The lowest BCUT2D eigenvalue weighted by molar-refractivity contribution is -0.136. The van der Waals surface area contributed by atoms with E-state index in [1.807, 2.05) is 29.2 Å². The summed E-state index contributed by atoms with van der Waals surface area (Å²) in [6, 6.07) is 8.19. The molecule has 2 aliphatic heterocycles. The minimum absolute atomic E-state index is 0. The second kappa shape index (κ2) is 7.99. The van der Waals surface area contributed by atoms with E-state index in [4.69, 9.17) is 5.73 Å². The first-order valence-electron chi connectivity index (χ1n) is 8.54. The molecule has 5 nitrogen and oxygen atoms in total. The predicted molar refractivity (Wildman–Crippen MR) is 97.3 cm³/mol. The van der Waals surface area contributed by atoms with Gasteiger partial charge >= 0.3 is 0 Å². The fourth-order valence-electron chi connectivity index (χ4n) is 3.64. The fraction of sp³-hybridized carbons (Fsp3) is 0.556. The number of anilines is 1. The minimum Gasteiger partial charge on any atom is -0.338 e. The number of amides is 2. The summed E-state index contributed by atoms with van der Waals surface area (Å²) < 4.78 is 0. The van der Waals surface area contributed by atoms with Gasteiger partial charge in [0.2, 0.25) is 11.8 Å². The number of nitrogens with two attached hydrogens (primary N) is 1. The van der Waals surface area contributed by atoms with Crippen molar-refractivity contribution in [1.29, 1.82) is 0 Å². The monoisotopic (exact) mass is 351 g/mol. The van der Waals surface area contributed by atoms with Crippen molar-refractivity contribution in [3.63, 3.8) is 0 Å². The topological polar surface area (TPSA) is 66.6 Å². The van der Waals surface area contributed by atoms with E-state index in [1.165, 1.54) is 5.56 Å². The number of hydrogen-bond donors (Lipinski definition) is 1. The Bertz CT molecular complexity index is 590. The molecule has 6 heteroatoms. The lowest BCUT2D eigenvalue weighted by Crippen LogP contribution is -2.43. The van der Waals surface area contributed by atoms with Crippen LogP contribution >= 0.6 is 12.4 Å². The molecule has 2 atom stereocenters. The largest absolute Gasteiger partial charge is 0.338 e. The van der Waals surface area contributed by atoms with E-state index in [-0.39, 0.29) is 36.2 Å². The van der Waals surface area contributed by atoms with Crippen LogP contribution in [0, 0.1) is 5.92 Å². The molecular weight excluding hydrogens is 326 g/mol. The number of carbonyl (C=O) groups excluding carboxylic acids is 2. The van der Waals surface area contributed by atoms with E-state index in [0.717, 1.165) is 31.5 Å². The zero-order chi connectivity index (χ0) is 16.4. The van der Waals surface area contributed by atoms with Crippen LogP contribution in [0.2, 0.25) is 0 Å². The average molecular weight is 352 g/mol. The maximum Gasteiger partial charge on any atom is 0.228 e. The highest BCUT2D eigenvalue weighted by Crippen LogP contribution is 2.28. The number of nitrogens with zero attached hydrogens (tertiary/aromatic N) is 2. The molecule has 2 fully saturated rings. The SMILES string of the molecule is CCc1ccc(N2CC(C(=O)N3CCCC3CN)CC2=O)cc1.Cl. The van der Waals surface area contributed by atoms with Gasteiger partial charge in [-0.25, -0.2) is 0 Å². The maximum atomic E-state index is 12.7. The Balaban J connectivity index is 0.00000208. The number of hydrogen-bond acceptors (Lipinski definition) is 3. The van der Waals surface area contributed by atoms with E-state index in [1.54, 1.807) is 4.90 Å². The van der Waals surface area contributed by atoms with E-state index in [9.17, 15) is 9.59 Å². The van der Waals surface area contributed by atoms with Gasteiger partial charge < -0.3 is 15.5 Å². The normalized spacial score (nSPS) is 23.5. The smallest absolute Gasteiger partial charge is 0.228 e. The second-order valence-electron chi connectivity index (χ2n) is 6.49. The van der Waals surface area contributed by atoms with Gasteiger partial charge in [-0.3, -0.25) is 9.59 Å². The Kier molecular flexibility index (Phi) is 6.24. The molecule has 0 radical (unpaired) electrons. The van der Waals surface area contributed by atoms with Crippen molar-refractivity contribution in [3.05, 3.63) is 29.8 Å². The van der Waals surface area contributed by atoms with Gasteiger partial charge in [-0.1, -0.05) is 19.1 Å². The number of aryl methyl sites for hydroxylation is 1. The average Bonchev–Trinajstić information content (AvgIpc) is 3.20. The summed E-state index contributed by atoms with van der Waals surface area (Å²) in [5, 5.41) is 0. The molecule has 0 saturated carbocycles. The molecule has 0 aliphatic carbocycles. The van der Waals surface area contributed by atoms with Gasteiger partial charge in [0.1, 0.15) is 0 Å². The predicted octanol–water partition coefficient (Wildman–Crippen LogP) is 1.97. The number of likely N-dealkylation sites (tertiary alicyclic amines) is 1. The van der Waals surface area contributed by atoms with Crippen LogP contribution in [0.3, 0.4) is 0 Å². The standard InChI is InChI=1S/C18H25N3O2.ClH/c1-2-13-5-7-15(8-6-13)21-12-14(10-17(21)22)18(23)20-9-3-4-16(20)11-19;/h5-8,14,16H,2-4,9-12,19H2,1H3;1H. The van der Waals surface area contributed by atoms with Crippen LogP contribution in [0.5, 0.6) is 0 Å². The van der Waals surface area contributed by atoms with Crippen LogP contribution in [-0.4, -0.2) is 42.4 Å². The van der Waals surface area contributed by atoms with Crippen LogP contribution in [0.1, 0.15) is 31.7 Å². The second-order valence-corrected chi connectivity index (χ2v) is 6.49. The third-order valence-corrected chi connectivity index (χ3v) is 5.06. The molecule has 0 spiro atoms. The fourth-order valence-corrected chi connectivity index (χ4v) is 3.64. The number of rotatable bonds is 4. The molecule has 2 unspecified atom stereocenters. The lowest BCUT2D eigenvalue weighted by atomic mass is 10.1. The molecule has 2 N–H and O–H groups in total. The first-order valence-corrected chi connectivity index (χ1v) is 8.54. The highest BCUT2D eigenvalue weighted by molar-refractivity contribution is 6.00. The molecule has 1 aromatic carbocycles. The Morgan fingerprint density at radius 3 is 2.62 bits per heavy atom. The van der Waals surface area contributed by atoms with Gasteiger partial charge in [0.25, 0.3) is 0 Å². The summed E-state index contributed by atoms with van der Waals surface area (Å²) in [7, 11) is 0. The van der Waals surface area contributed by atoms with Gasteiger partial charge in [0, 0.05) is 37.8 Å². The highest BCUT2D eigenvalue weighted by atomic mass is 35.5. The van der Waals surface area contributed by atoms with Crippen LogP contribution < -0.4 is 10.6 Å². The zero-order valence-corrected chi connectivity index (χ0v) is 14.9. The van der Waals surface area contributed by atoms with Gasteiger partial charge in [-0.2, -0.15) is 0 Å². The molecule has 3 rings (SSSR count). The highest BCUT2D eigenvalue weighted by Gasteiger charge is 2.39. The Morgan fingerprint density at radius 2 is 2.00 bits per heavy atom. The van der Waals surface area contributed by atoms with Gasteiger partial charge in [-0.15, -0.1) is 12.4 Å². The quantitative estimate of drug-likeness (QED) is 0.901. The maximum absolute atomic E-state index is 12.7. The van der Waals surface area contributed by atoms with E-state index in [0.29, 0.717) is 19.5 Å². The van der Waals surface area contributed by atoms with Crippen LogP contribution in [0.15, 0.2) is 24.3 Å². The van der Waals surface area contributed by atoms with Crippen molar-refractivity contribution in [2.24, 2.45) is 11.7 Å². The summed E-state index contributed by atoms with van der Waals surface area (Å²) in [5.74, 6) is -0.101. The molecule has 24 heavy (non-hydrogen) atoms. The summed E-state index contributed by atoms with van der Waals surface area (Å²) in [6.07, 6.45) is 3.27. The summed E-state index contributed by atoms with van der Waals surface area (Å²) in [6.45, 7) is 3.87. The Labute approximate surface area is 149 Å². The number of halogens is 1. The number of benzene rings is 1. The Hall–Kier alpha value is -1.59.